The number of nitrogens with one attached hydrogen (secondary N) is 2. The van der Waals surface area contributed by atoms with E-state index in [0.717, 1.165) is 11.1 Å². The molecule has 0 spiro atoms. The first-order valence-electron chi connectivity index (χ1n) is 9.48. The molecular weight excluding hydrogens is 396 g/mol. The molecule has 0 saturated carbocycles. The van der Waals surface area contributed by atoms with Gasteiger partial charge in [0.15, 0.2) is 0 Å². The summed E-state index contributed by atoms with van der Waals surface area (Å²) in [5.41, 5.74) is 4.52. The first kappa shape index (κ1) is 21.4. The number of benzene rings is 3. The molecule has 8 heteroatoms. The minimum atomic E-state index is -0.543. The number of non-ortho nitro benzene ring substituents is 1. The van der Waals surface area contributed by atoms with Crippen LogP contribution in [0, 0.1) is 10.1 Å². The fourth-order valence-electron chi connectivity index (χ4n) is 2.96. The zero-order valence-corrected chi connectivity index (χ0v) is 16.5. The highest BCUT2D eigenvalue weighted by atomic mass is 16.6. The molecule has 0 radical (unpaired) electrons. The van der Waals surface area contributed by atoms with E-state index in [1.165, 1.54) is 30.5 Å². The molecule has 156 valence electrons. The van der Waals surface area contributed by atoms with Crippen LogP contribution >= 0.6 is 0 Å². The summed E-state index contributed by atoms with van der Waals surface area (Å²) in [5.74, 6) is -1.34. The Hall–Kier alpha value is -4.33. The molecule has 0 aliphatic heterocycles. The normalized spacial score (nSPS) is 10.7. The summed E-state index contributed by atoms with van der Waals surface area (Å²) < 4.78 is 0. The topological polar surface area (TPSA) is 114 Å². The van der Waals surface area contributed by atoms with E-state index in [4.69, 9.17) is 0 Å². The Kier molecular flexibility index (Phi) is 7.21. The fourth-order valence-corrected chi connectivity index (χ4v) is 2.96. The van der Waals surface area contributed by atoms with Crippen LogP contribution in [-0.4, -0.2) is 29.5 Å². The lowest BCUT2D eigenvalue weighted by Gasteiger charge is -2.17. The van der Waals surface area contributed by atoms with Gasteiger partial charge >= 0.3 is 0 Å². The van der Waals surface area contributed by atoms with Crippen molar-refractivity contribution >= 4 is 23.7 Å². The van der Waals surface area contributed by atoms with Crippen molar-refractivity contribution in [3.05, 3.63) is 112 Å². The van der Waals surface area contributed by atoms with Crippen LogP contribution in [0.1, 0.15) is 22.6 Å². The van der Waals surface area contributed by atoms with Crippen LogP contribution in [0.15, 0.2) is 90.0 Å². The number of nitrogens with zero attached hydrogens (tertiary/aromatic N) is 2. The average molecular weight is 416 g/mol. The lowest BCUT2D eigenvalue weighted by molar-refractivity contribution is -0.384. The minimum absolute atomic E-state index is 0.0321. The maximum absolute atomic E-state index is 12.8. The quantitative estimate of drug-likeness (QED) is 0.334. The third-order valence-electron chi connectivity index (χ3n) is 4.46. The Morgan fingerprint density at radius 1 is 0.903 bits per heavy atom. The van der Waals surface area contributed by atoms with Crippen molar-refractivity contribution in [2.45, 2.75) is 5.92 Å². The molecule has 0 atom stereocenters. The fraction of sp³-hybridized carbons (Fsp3) is 0.0870. The Bertz CT molecular complexity index is 1030. The lowest BCUT2D eigenvalue weighted by atomic mass is 9.90. The molecule has 0 aromatic heterocycles. The van der Waals surface area contributed by atoms with Crippen molar-refractivity contribution in [3.8, 4) is 0 Å². The molecule has 2 N–H and O–H groups in total. The van der Waals surface area contributed by atoms with Gasteiger partial charge in [-0.2, -0.15) is 5.10 Å². The second kappa shape index (κ2) is 10.4. The minimum Gasteiger partial charge on any atom is -0.346 e. The highest BCUT2D eigenvalue weighted by Gasteiger charge is 2.22. The summed E-state index contributed by atoms with van der Waals surface area (Å²) in [7, 11) is 0. The van der Waals surface area contributed by atoms with Crippen LogP contribution in [0.2, 0.25) is 0 Å². The molecular formula is C23H20N4O4. The van der Waals surface area contributed by atoms with Crippen molar-refractivity contribution in [1.82, 2.24) is 10.7 Å². The number of rotatable bonds is 8. The predicted molar refractivity (Wildman–Crippen MR) is 117 cm³/mol. The zero-order valence-electron chi connectivity index (χ0n) is 16.5. The van der Waals surface area contributed by atoms with E-state index in [9.17, 15) is 19.7 Å². The third-order valence-corrected chi connectivity index (χ3v) is 4.46. The summed E-state index contributed by atoms with van der Waals surface area (Å²) in [6, 6.07) is 24.4. The molecule has 0 heterocycles. The predicted octanol–water partition coefficient (Wildman–Crippen LogP) is 2.99. The SMILES string of the molecule is O=C(CNC(=O)C(c1ccccc1)c1ccccc1)N/N=C/c1ccc([N+](=O)[O-])cc1. The largest absolute Gasteiger partial charge is 0.346 e. The molecule has 0 aliphatic rings. The Morgan fingerprint density at radius 3 is 1.97 bits per heavy atom. The van der Waals surface area contributed by atoms with E-state index in [0.29, 0.717) is 5.56 Å². The first-order valence-corrected chi connectivity index (χ1v) is 9.48. The summed E-state index contributed by atoms with van der Waals surface area (Å²) in [6.07, 6.45) is 1.36. The molecule has 0 aliphatic carbocycles. The van der Waals surface area contributed by atoms with Crippen molar-refractivity contribution in [2.24, 2.45) is 5.10 Å². The van der Waals surface area contributed by atoms with E-state index in [1.807, 2.05) is 60.7 Å². The first-order chi connectivity index (χ1) is 15.0. The summed E-state index contributed by atoms with van der Waals surface area (Å²) in [5, 5.41) is 17.1. The number of carbonyl (C=O) groups is 2. The van der Waals surface area contributed by atoms with E-state index in [2.05, 4.69) is 15.8 Å². The summed E-state index contributed by atoms with van der Waals surface area (Å²) in [4.78, 5) is 35.0. The molecule has 0 saturated heterocycles. The molecule has 3 aromatic rings. The number of carbonyl (C=O) groups excluding carboxylic acids is 2. The van der Waals surface area contributed by atoms with Gasteiger partial charge in [0.25, 0.3) is 11.6 Å². The Labute approximate surface area is 178 Å². The van der Waals surface area contributed by atoms with E-state index in [1.54, 1.807) is 0 Å². The molecule has 3 rings (SSSR count). The standard InChI is InChI=1S/C23H20N4O4/c28-21(26-25-15-17-11-13-20(14-12-17)27(30)31)16-24-23(29)22(18-7-3-1-4-8-18)19-9-5-2-6-10-19/h1-15,22H,16H2,(H,24,29)(H,26,28)/b25-15+. The molecule has 3 aromatic carbocycles. The molecule has 8 nitrogen and oxygen atoms in total. The highest BCUT2D eigenvalue weighted by molar-refractivity contribution is 5.91. The van der Waals surface area contributed by atoms with Gasteiger partial charge in [0.05, 0.1) is 23.6 Å². The second-order valence-electron chi connectivity index (χ2n) is 6.61. The van der Waals surface area contributed by atoms with E-state index < -0.39 is 16.7 Å². The maximum Gasteiger partial charge on any atom is 0.269 e. The Morgan fingerprint density at radius 2 is 1.45 bits per heavy atom. The summed E-state index contributed by atoms with van der Waals surface area (Å²) in [6.45, 7) is -0.243. The van der Waals surface area contributed by atoms with Gasteiger partial charge in [-0.3, -0.25) is 19.7 Å². The third kappa shape index (κ3) is 6.07. The van der Waals surface area contributed by atoms with E-state index >= 15 is 0 Å². The molecule has 0 unspecified atom stereocenters. The van der Waals surface area contributed by atoms with Gasteiger partial charge in [-0.25, -0.2) is 5.43 Å². The number of nitro benzene ring substituents is 1. The van der Waals surface area contributed by atoms with Crippen molar-refractivity contribution in [3.63, 3.8) is 0 Å². The van der Waals surface area contributed by atoms with Crippen LogP contribution in [0.25, 0.3) is 0 Å². The maximum atomic E-state index is 12.8. The van der Waals surface area contributed by atoms with Gasteiger partial charge in [-0.05, 0) is 28.8 Å². The average Bonchev–Trinajstić information content (AvgIpc) is 2.80. The molecule has 31 heavy (non-hydrogen) atoms. The van der Waals surface area contributed by atoms with Gasteiger partial charge in [0.2, 0.25) is 5.91 Å². The Balaban J connectivity index is 1.58. The summed E-state index contributed by atoms with van der Waals surface area (Å²) >= 11 is 0. The van der Waals surface area contributed by atoms with E-state index in [-0.39, 0.29) is 18.1 Å². The molecule has 0 bridgehead atoms. The number of hydrazone groups is 1. The lowest BCUT2D eigenvalue weighted by Crippen LogP contribution is -2.37. The van der Waals surface area contributed by atoms with Gasteiger partial charge in [-0.1, -0.05) is 60.7 Å². The van der Waals surface area contributed by atoms with Crippen molar-refractivity contribution in [2.75, 3.05) is 6.54 Å². The zero-order chi connectivity index (χ0) is 22.1. The van der Waals surface area contributed by atoms with Gasteiger partial charge in [-0.15, -0.1) is 0 Å². The highest BCUT2D eigenvalue weighted by Crippen LogP contribution is 2.24. The number of hydrogen-bond acceptors (Lipinski definition) is 5. The smallest absolute Gasteiger partial charge is 0.269 e. The van der Waals surface area contributed by atoms with Crippen LogP contribution in [0.4, 0.5) is 5.69 Å². The molecule has 2 amide bonds. The number of hydrogen-bond donors (Lipinski definition) is 2. The van der Waals surface area contributed by atoms with Crippen molar-refractivity contribution < 1.29 is 14.5 Å². The molecule has 0 fully saturated rings. The monoisotopic (exact) mass is 416 g/mol. The van der Waals surface area contributed by atoms with Crippen LogP contribution in [0.3, 0.4) is 0 Å². The number of nitro groups is 1. The number of amides is 2. The van der Waals surface area contributed by atoms with Crippen LogP contribution in [-0.2, 0) is 9.59 Å². The van der Waals surface area contributed by atoms with Gasteiger partial charge in [0.1, 0.15) is 0 Å². The van der Waals surface area contributed by atoms with Crippen molar-refractivity contribution in [1.29, 1.82) is 0 Å². The van der Waals surface area contributed by atoms with Gasteiger partial charge < -0.3 is 5.32 Å². The van der Waals surface area contributed by atoms with Crippen LogP contribution in [0.5, 0.6) is 0 Å². The second-order valence-corrected chi connectivity index (χ2v) is 6.61. The van der Waals surface area contributed by atoms with Gasteiger partial charge in [0, 0.05) is 12.1 Å². The van der Waals surface area contributed by atoms with Crippen LogP contribution < -0.4 is 10.7 Å².